The number of hydrogen-bond donors (Lipinski definition) is 1. The molecule has 2 fully saturated rings. The minimum absolute atomic E-state index is 0.198. The fourth-order valence-corrected chi connectivity index (χ4v) is 3.84. The molecule has 1 saturated heterocycles. The van der Waals surface area contributed by atoms with Crippen molar-refractivity contribution >= 4 is 5.78 Å². The normalized spacial score (nSPS) is 27.6. The summed E-state index contributed by atoms with van der Waals surface area (Å²) in [5, 5.41) is 10.3. The van der Waals surface area contributed by atoms with Gasteiger partial charge in [0.15, 0.2) is 0 Å². The Labute approximate surface area is 117 Å². The number of nitrogens with zero attached hydrogens (tertiary/aromatic N) is 1. The molecule has 0 amide bonds. The van der Waals surface area contributed by atoms with Crippen LogP contribution in [0.5, 0.6) is 0 Å². The SMILES string of the molecule is CC(=O)CC1CCCCN1CC(O)CC1CCCC1. The standard InChI is InChI=1S/C16H29NO2/c1-13(18)10-15-8-4-5-9-17(15)12-16(19)11-14-6-2-3-7-14/h14-16,19H,2-12H2,1H3. The van der Waals surface area contributed by atoms with Crippen molar-refractivity contribution in [1.82, 2.24) is 4.90 Å². The Kier molecular flexibility index (Phi) is 5.83. The lowest BCUT2D eigenvalue weighted by molar-refractivity contribution is -0.118. The summed E-state index contributed by atoms with van der Waals surface area (Å²) in [6.45, 7) is 3.51. The largest absolute Gasteiger partial charge is 0.392 e. The zero-order valence-corrected chi connectivity index (χ0v) is 12.3. The highest BCUT2D eigenvalue weighted by Crippen LogP contribution is 2.29. The number of carbonyl (C=O) groups is 1. The van der Waals surface area contributed by atoms with Crippen LogP contribution >= 0.6 is 0 Å². The van der Waals surface area contributed by atoms with Gasteiger partial charge in [-0.3, -0.25) is 9.69 Å². The monoisotopic (exact) mass is 267 g/mol. The summed E-state index contributed by atoms with van der Waals surface area (Å²) in [5.74, 6) is 1.02. The van der Waals surface area contributed by atoms with E-state index < -0.39 is 0 Å². The van der Waals surface area contributed by atoms with Crippen molar-refractivity contribution in [1.29, 1.82) is 0 Å². The first-order valence-corrected chi connectivity index (χ1v) is 8.06. The second-order valence-corrected chi connectivity index (χ2v) is 6.59. The second-order valence-electron chi connectivity index (χ2n) is 6.59. The van der Waals surface area contributed by atoms with Crippen molar-refractivity contribution in [3.8, 4) is 0 Å². The fraction of sp³-hybridized carbons (Fsp3) is 0.938. The molecule has 3 heteroatoms. The van der Waals surface area contributed by atoms with E-state index in [0.29, 0.717) is 12.5 Å². The van der Waals surface area contributed by atoms with Gasteiger partial charge in [-0.25, -0.2) is 0 Å². The highest BCUT2D eigenvalue weighted by atomic mass is 16.3. The molecule has 3 nitrogen and oxygen atoms in total. The third kappa shape index (κ3) is 4.88. The molecular weight excluding hydrogens is 238 g/mol. The number of Topliss-reactive ketones (excluding diaryl/α,β-unsaturated/α-hetero) is 1. The van der Waals surface area contributed by atoms with Gasteiger partial charge in [0, 0.05) is 19.0 Å². The molecule has 0 aromatic carbocycles. The van der Waals surface area contributed by atoms with Gasteiger partial charge in [-0.2, -0.15) is 0 Å². The molecule has 2 unspecified atom stereocenters. The van der Waals surface area contributed by atoms with Gasteiger partial charge < -0.3 is 5.11 Å². The van der Waals surface area contributed by atoms with Crippen LogP contribution in [0.15, 0.2) is 0 Å². The second kappa shape index (κ2) is 7.39. The molecule has 1 heterocycles. The molecular formula is C16H29NO2. The summed E-state index contributed by atoms with van der Waals surface area (Å²) in [5.41, 5.74) is 0. The van der Waals surface area contributed by atoms with Crippen LogP contribution in [0.25, 0.3) is 0 Å². The van der Waals surface area contributed by atoms with Crippen molar-refractivity contribution < 1.29 is 9.90 Å². The first-order valence-electron chi connectivity index (χ1n) is 8.06. The van der Waals surface area contributed by atoms with E-state index in [0.717, 1.165) is 31.8 Å². The van der Waals surface area contributed by atoms with Crippen LogP contribution in [0.3, 0.4) is 0 Å². The van der Waals surface area contributed by atoms with E-state index in [-0.39, 0.29) is 11.9 Å². The molecule has 1 aliphatic carbocycles. The Morgan fingerprint density at radius 3 is 2.58 bits per heavy atom. The Hall–Kier alpha value is -0.410. The van der Waals surface area contributed by atoms with Crippen molar-refractivity contribution in [2.24, 2.45) is 5.92 Å². The summed E-state index contributed by atoms with van der Waals surface area (Å²) < 4.78 is 0. The van der Waals surface area contributed by atoms with Gasteiger partial charge in [-0.15, -0.1) is 0 Å². The molecule has 0 spiro atoms. The van der Waals surface area contributed by atoms with E-state index >= 15 is 0 Å². The van der Waals surface area contributed by atoms with Gasteiger partial charge in [0.2, 0.25) is 0 Å². The average Bonchev–Trinajstić information content (AvgIpc) is 2.83. The smallest absolute Gasteiger partial charge is 0.131 e. The van der Waals surface area contributed by atoms with Gasteiger partial charge in [0.05, 0.1) is 6.10 Å². The molecule has 2 rings (SSSR count). The van der Waals surface area contributed by atoms with Crippen molar-refractivity contribution in [3.05, 3.63) is 0 Å². The van der Waals surface area contributed by atoms with Gasteiger partial charge in [0.25, 0.3) is 0 Å². The predicted octanol–water partition coefficient (Wildman–Crippen LogP) is 2.76. The Morgan fingerprint density at radius 1 is 1.21 bits per heavy atom. The predicted molar refractivity (Wildman–Crippen MR) is 77.1 cm³/mol. The Morgan fingerprint density at radius 2 is 1.89 bits per heavy atom. The number of piperidine rings is 1. The molecule has 0 bridgehead atoms. The lowest BCUT2D eigenvalue weighted by atomic mass is 9.95. The molecule has 1 N–H and O–H groups in total. The molecule has 2 atom stereocenters. The van der Waals surface area contributed by atoms with Crippen LogP contribution in [0.2, 0.25) is 0 Å². The topological polar surface area (TPSA) is 40.5 Å². The Balaban J connectivity index is 1.78. The summed E-state index contributed by atoms with van der Waals surface area (Å²) in [6, 6.07) is 0.379. The quantitative estimate of drug-likeness (QED) is 0.804. The number of rotatable bonds is 6. The maximum Gasteiger partial charge on any atom is 0.131 e. The van der Waals surface area contributed by atoms with Gasteiger partial charge in [-0.05, 0) is 38.6 Å². The number of likely N-dealkylation sites (tertiary alicyclic amines) is 1. The summed E-state index contributed by atoms with van der Waals surface area (Å²) in [7, 11) is 0. The minimum atomic E-state index is -0.198. The van der Waals surface area contributed by atoms with Gasteiger partial charge in [0.1, 0.15) is 5.78 Å². The van der Waals surface area contributed by atoms with E-state index in [4.69, 9.17) is 0 Å². The van der Waals surface area contributed by atoms with E-state index in [1.807, 2.05) is 0 Å². The third-order valence-electron chi connectivity index (χ3n) is 4.80. The first kappa shape index (κ1) is 15.0. The summed E-state index contributed by atoms with van der Waals surface area (Å²) in [4.78, 5) is 13.7. The number of aliphatic hydroxyl groups excluding tert-OH is 1. The molecule has 19 heavy (non-hydrogen) atoms. The van der Waals surface area contributed by atoms with Crippen LogP contribution in [-0.2, 0) is 4.79 Å². The zero-order chi connectivity index (χ0) is 13.7. The summed E-state index contributed by atoms with van der Waals surface area (Å²) >= 11 is 0. The van der Waals surface area contributed by atoms with Crippen LogP contribution in [0.1, 0.15) is 64.7 Å². The molecule has 0 aromatic heterocycles. The molecule has 110 valence electrons. The lowest BCUT2D eigenvalue weighted by Crippen LogP contribution is -2.44. The van der Waals surface area contributed by atoms with Crippen LogP contribution in [-0.4, -0.2) is 41.0 Å². The van der Waals surface area contributed by atoms with E-state index in [1.165, 1.54) is 38.5 Å². The van der Waals surface area contributed by atoms with Crippen LogP contribution < -0.4 is 0 Å². The van der Waals surface area contributed by atoms with E-state index in [1.54, 1.807) is 6.92 Å². The highest BCUT2D eigenvalue weighted by molar-refractivity contribution is 5.76. The molecule has 1 saturated carbocycles. The van der Waals surface area contributed by atoms with Crippen LogP contribution in [0.4, 0.5) is 0 Å². The molecule has 0 radical (unpaired) electrons. The average molecular weight is 267 g/mol. The van der Waals surface area contributed by atoms with Crippen molar-refractivity contribution in [2.75, 3.05) is 13.1 Å². The summed E-state index contributed by atoms with van der Waals surface area (Å²) in [6.07, 6.45) is 10.3. The van der Waals surface area contributed by atoms with Crippen molar-refractivity contribution in [3.63, 3.8) is 0 Å². The van der Waals surface area contributed by atoms with Gasteiger partial charge >= 0.3 is 0 Å². The van der Waals surface area contributed by atoms with Crippen LogP contribution in [0, 0.1) is 5.92 Å². The number of ketones is 1. The lowest BCUT2D eigenvalue weighted by Gasteiger charge is -2.36. The number of hydrogen-bond acceptors (Lipinski definition) is 3. The maximum absolute atomic E-state index is 11.3. The number of β-amino-alcohol motifs (C(OH)–C–C–N with tert-alkyl or cyclic N) is 1. The molecule has 1 aliphatic heterocycles. The maximum atomic E-state index is 11.3. The fourth-order valence-electron chi connectivity index (χ4n) is 3.84. The Bertz CT molecular complexity index is 286. The van der Waals surface area contributed by atoms with E-state index in [9.17, 15) is 9.90 Å². The molecule has 2 aliphatic rings. The highest BCUT2D eigenvalue weighted by Gasteiger charge is 2.26. The third-order valence-corrected chi connectivity index (χ3v) is 4.80. The van der Waals surface area contributed by atoms with Crippen molar-refractivity contribution in [2.45, 2.75) is 76.9 Å². The minimum Gasteiger partial charge on any atom is -0.392 e. The van der Waals surface area contributed by atoms with E-state index in [2.05, 4.69) is 4.90 Å². The molecule has 0 aromatic rings. The zero-order valence-electron chi connectivity index (χ0n) is 12.3. The number of carbonyl (C=O) groups excluding carboxylic acids is 1. The van der Waals surface area contributed by atoms with Gasteiger partial charge in [-0.1, -0.05) is 32.1 Å². The number of aliphatic hydroxyl groups is 1. The first-order chi connectivity index (χ1) is 9.15.